The van der Waals surface area contributed by atoms with Crippen LogP contribution in [0.1, 0.15) is 33.2 Å². The highest BCUT2D eigenvalue weighted by molar-refractivity contribution is 9.10. The van der Waals surface area contributed by atoms with Gasteiger partial charge < -0.3 is 4.74 Å². The van der Waals surface area contributed by atoms with Crippen molar-refractivity contribution in [3.8, 4) is 5.75 Å². The van der Waals surface area contributed by atoms with Crippen molar-refractivity contribution in [2.75, 3.05) is 7.11 Å². The summed E-state index contributed by atoms with van der Waals surface area (Å²) in [4.78, 5) is 0. The van der Waals surface area contributed by atoms with Crippen LogP contribution in [-0.4, -0.2) is 7.11 Å². The van der Waals surface area contributed by atoms with Gasteiger partial charge in [0.15, 0.2) is 0 Å². The van der Waals surface area contributed by atoms with Gasteiger partial charge in [0.25, 0.3) is 0 Å². The summed E-state index contributed by atoms with van der Waals surface area (Å²) in [5.74, 6) is 0.0897. The van der Waals surface area contributed by atoms with E-state index in [9.17, 15) is 4.39 Å². The molecule has 1 unspecified atom stereocenters. The van der Waals surface area contributed by atoms with Gasteiger partial charge in [0.1, 0.15) is 11.6 Å². The van der Waals surface area contributed by atoms with Gasteiger partial charge in [-0.05, 0) is 59.5 Å². The monoisotopic (exact) mass is 370 g/mol. The van der Waals surface area contributed by atoms with Crippen LogP contribution in [-0.2, 0) is 0 Å². The third kappa shape index (κ3) is 3.24. The lowest BCUT2D eigenvalue weighted by Crippen LogP contribution is -2.03. The summed E-state index contributed by atoms with van der Waals surface area (Å²) in [5.41, 5.74) is 5.23. The number of hydrogen-bond acceptors (Lipinski definition) is 1. The zero-order valence-electron chi connectivity index (χ0n) is 12.4. The van der Waals surface area contributed by atoms with Crippen LogP contribution in [0, 0.1) is 26.6 Å². The smallest absolute Gasteiger partial charge is 0.141 e. The first-order chi connectivity index (χ1) is 9.85. The Hall–Kier alpha value is -1.06. The van der Waals surface area contributed by atoms with Crippen molar-refractivity contribution in [1.29, 1.82) is 0 Å². The van der Waals surface area contributed by atoms with E-state index in [2.05, 4.69) is 35.0 Å². The Balaban J connectivity index is 2.60. The molecule has 0 fully saturated rings. The van der Waals surface area contributed by atoms with Crippen molar-refractivity contribution in [1.82, 2.24) is 0 Å². The molecule has 0 aliphatic heterocycles. The summed E-state index contributed by atoms with van der Waals surface area (Å²) in [6, 6.07) is 7.24. The first-order valence-corrected chi connectivity index (χ1v) is 7.82. The fourth-order valence-electron chi connectivity index (χ4n) is 2.67. The molecule has 0 saturated heterocycles. The number of aryl methyl sites for hydroxylation is 3. The third-order valence-electron chi connectivity index (χ3n) is 3.54. The van der Waals surface area contributed by atoms with E-state index in [1.165, 1.54) is 18.7 Å². The third-order valence-corrected chi connectivity index (χ3v) is 4.60. The van der Waals surface area contributed by atoms with Gasteiger partial charge in [-0.2, -0.15) is 0 Å². The van der Waals surface area contributed by atoms with E-state index in [0.29, 0.717) is 10.2 Å². The quantitative estimate of drug-likeness (QED) is 0.615. The average Bonchev–Trinajstić information content (AvgIpc) is 2.39. The van der Waals surface area contributed by atoms with E-state index in [0.717, 1.165) is 22.3 Å². The van der Waals surface area contributed by atoms with Gasteiger partial charge in [-0.15, -0.1) is 11.6 Å². The molecule has 0 aliphatic rings. The minimum atomic E-state index is -0.391. The van der Waals surface area contributed by atoms with E-state index in [1.807, 2.05) is 13.8 Å². The first-order valence-electron chi connectivity index (χ1n) is 6.60. The molecule has 112 valence electrons. The van der Waals surface area contributed by atoms with E-state index in [1.54, 1.807) is 6.07 Å². The Morgan fingerprint density at radius 1 is 1.10 bits per heavy atom. The Bertz CT molecular complexity index is 662. The van der Waals surface area contributed by atoms with E-state index in [4.69, 9.17) is 16.3 Å². The molecule has 0 heterocycles. The van der Waals surface area contributed by atoms with Crippen LogP contribution in [0.3, 0.4) is 0 Å². The van der Waals surface area contributed by atoms with E-state index in [-0.39, 0.29) is 5.82 Å². The summed E-state index contributed by atoms with van der Waals surface area (Å²) in [6.07, 6.45) is 0. The Morgan fingerprint density at radius 3 is 2.19 bits per heavy atom. The van der Waals surface area contributed by atoms with Crippen LogP contribution in [0.4, 0.5) is 4.39 Å². The molecular weight excluding hydrogens is 355 g/mol. The number of ether oxygens (including phenoxy) is 1. The summed E-state index contributed by atoms with van der Waals surface area (Å²) in [7, 11) is 1.52. The lowest BCUT2D eigenvalue weighted by molar-refractivity contribution is 0.406. The van der Waals surface area contributed by atoms with Crippen molar-refractivity contribution in [3.63, 3.8) is 0 Å². The Kier molecular flexibility index (Phi) is 4.95. The van der Waals surface area contributed by atoms with Crippen molar-refractivity contribution in [2.24, 2.45) is 0 Å². The number of alkyl halides is 1. The van der Waals surface area contributed by atoms with Crippen molar-refractivity contribution >= 4 is 27.5 Å². The molecule has 0 spiro atoms. The fraction of sp³-hybridized carbons (Fsp3) is 0.294. The maximum atomic E-state index is 13.7. The normalized spacial score (nSPS) is 12.3. The van der Waals surface area contributed by atoms with Crippen LogP contribution in [0.25, 0.3) is 0 Å². The van der Waals surface area contributed by atoms with Crippen LogP contribution in [0.15, 0.2) is 28.7 Å². The standard InChI is InChI=1S/C17H17BrClFO/c1-9-5-10(2)16(11(3)6-9)17(19)12-7-13(18)14(20)8-15(12)21-4/h5-8,17H,1-4H3. The van der Waals surface area contributed by atoms with Crippen molar-refractivity contribution < 1.29 is 9.13 Å². The van der Waals surface area contributed by atoms with Gasteiger partial charge in [-0.1, -0.05) is 17.7 Å². The van der Waals surface area contributed by atoms with E-state index < -0.39 is 5.38 Å². The molecule has 2 aromatic rings. The first kappa shape index (κ1) is 16.3. The van der Waals surface area contributed by atoms with Crippen LogP contribution >= 0.6 is 27.5 Å². The maximum Gasteiger partial charge on any atom is 0.141 e. The molecule has 0 aromatic heterocycles. The van der Waals surface area contributed by atoms with Crippen LogP contribution in [0.2, 0.25) is 0 Å². The van der Waals surface area contributed by atoms with Crippen molar-refractivity contribution in [2.45, 2.75) is 26.1 Å². The highest BCUT2D eigenvalue weighted by Gasteiger charge is 2.21. The largest absolute Gasteiger partial charge is 0.496 e. The highest BCUT2D eigenvalue weighted by Crippen LogP contribution is 2.40. The molecule has 0 N–H and O–H groups in total. The summed E-state index contributed by atoms with van der Waals surface area (Å²) in [6.45, 7) is 6.13. The molecule has 21 heavy (non-hydrogen) atoms. The van der Waals surface area contributed by atoms with Gasteiger partial charge in [-0.25, -0.2) is 4.39 Å². The molecular formula is C17H17BrClFO. The number of rotatable bonds is 3. The molecule has 1 atom stereocenters. The molecule has 1 nitrogen and oxygen atoms in total. The highest BCUT2D eigenvalue weighted by atomic mass is 79.9. The fourth-order valence-corrected chi connectivity index (χ4v) is 3.54. The number of methoxy groups -OCH3 is 1. The van der Waals surface area contributed by atoms with E-state index >= 15 is 0 Å². The Morgan fingerprint density at radius 2 is 1.67 bits per heavy atom. The SMILES string of the molecule is COc1cc(F)c(Br)cc1C(Cl)c1c(C)cc(C)cc1C. The topological polar surface area (TPSA) is 9.23 Å². The van der Waals surface area contributed by atoms with Crippen molar-refractivity contribution in [3.05, 3.63) is 62.4 Å². The van der Waals surface area contributed by atoms with Crippen LogP contribution in [0.5, 0.6) is 5.75 Å². The second kappa shape index (κ2) is 6.37. The molecule has 2 aromatic carbocycles. The molecule has 4 heteroatoms. The Labute approximate surface area is 138 Å². The molecule has 0 amide bonds. The average molecular weight is 372 g/mol. The van der Waals surface area contributed by atoms with Gasteiger partial charge in [0, 0.05) is 11.6 Å². The number of halogens is 3. The minimum absolute atomic E-state index is 0.364. The molecule has 2 rings (SSSR count). The van der Waals surface area contributed by atoms with Crippen LogP contribution < -0.4 is 4.74 Å². The number of hydrogen-bond donors (Lipinski definition) is 0. The molecule has 0 radical (unpaired) electrons. The second-order valence-electron chi connectivity index (χ2n) is 5.18. The summed E-state index contributed by atoms with van der Waals surface area (Å²) in [5, 5.41) is -0.391. The second-order valence-corrected chi connectivity index (χ2v) is 6.47. The van der Waals surface area contributed by atoms with Gasteiger partial charge in [0.2, 0.25) is 0 Å². The lowest BCUT2D eigenvalue weighted by atomic mass is 9.93. The predicted molar refractivity (Wildman–Crippen MR) is 89.0 cm³/mol. The van der Waals surface area contributed by atoms with Gasteiger partial charge in [-0.3, -0.25) is 0 Å². The predicted octanol–water partition coefficient (Wildman–Crippen LogP) is 5.85. The lowest BCUT2D eigenvalue weighted by Gasteiger charge is -2.20. The summed E-state index contributed by atoms with van der Waals surface area (Å²) >= 11 is 9.89. The number of benzene rings is 2. The van der Waals surface area contributed by atoms with Gasteiger partial charge in [0.05, 0.1) is 17.0 Å². The zero-order valence-corrected chi connectivity index (χ0v) is 14.8. The summed E-state index contributed by atoms with van der Waals surface area (Å²) < 4.78 is 19.3. The minimum Gasteiger partial charge on any atom is -0.496 e. The molecule has 0 saturated carbocycles. The molecule has 0 aliphatic carbocycles. The van der Waals surface area contributed by atoms with Gasteiger partial charge >= 0.3 is 0 Å². The zero-order chi connectivity index (χ0) is 15.7. The maximum absolute atomic E-state index is 13.7. The molecule has 0 bridgehead atoms.